The Morgan fingerprint density at radius 2 is 1.85 bits per heavy atom. The largest absolute Gasteiger partial charge is 0.385 e. The Hall–Kier alpha value is -0.820. The summed E-state index contributed by atoms with van der Waals surface area (Å²) in [5.41, 5.74) is 1.94. The van der Waals surface area contributed by atoms with E-state index in [4.69, 9.17) is 0 Å². The average molecular weight is 176 g/mol. The minimum absolute atomic E-state index is 0.494. The van der Waals surface area contributed by atoms with E-state index < -0.39 is 5.60 Å². The van der Waals surface area contributed by atoms with Crippen molar-refractivity contribution < 1.29 is 5.11 Å². The van der Waals surface area contributed by atoms with Crippen molar-refractivity contribution in [2.45, 2.75) is 38.2 Å². The fourth-order valence-corrected chi connectivity index (χ4v) is 1.85. The van der Waals surface area contributed by atoms with Gasteiger partial charge in [0.05, 0.1) is 5.60 Å². The molecule has 1 aliphatic carbocycles. The van der Waals surface area contributed by atoms with Crippen LogP contribution in [-0.4, -0.2) is 5.11 Å². The molecule has 1 aromatic carbocycles. The van der Waals surface area contributed by atoms with Crippen LogP contribution in [0.2, 0.25) is 0 Å². The molecule has 1 nitrogen and oxygen atoms in total. The molecule has 70 valence electrons. The van der Waals surface area contributed by atoms with Crippen molar-refractivity contribution in [1.29, 1.82) is 0 Å². The molecular weight excluding hydrogens is 160 g/mol. The molecule has 0 atom stereocenters. The van der Waals surface area contributed by atoms with E-state index in [-0.39, 0.29) is 0 Å². The van der Waals surface area contributed by atoms with Gasteiger partial charge in [0.25, 0.3) is 0 Å². The predicted molar refractivity (Wildman–Crippen MR) is 53.6 cm³/mol. The third-order valence-electron chi connectivity index (χ3n) is 3.08. The summed E-state index contributed by atoms with van der Waals surface area (Å²) in [5, 5.41) is 10.0. The first kappa shape index (κ1) is 8.76. The SMILES string of the molecule is CCc1ccc(C2(O)CCC2)cc1. The molecule has 0 radical (unpaired) electrons. The maximum absolute atomic E-state index is 10.0. The zero-order chi connectivity index (χ0) is 9.31. The Kier molecular flexibility index (Phi) is 2.12. The molecule has 0 aliphatic heterocycles. The Morgan fingerprint density at radius 3 is 2.23 bits per heavy atom. The van der Waals surface area contributed by atoms with Crippen molar-refractivity contribution in [2.24, 2.45) is 0 Å². The Balaban J connectivity index is 2.22. The number of benzene rings is 1. The van der Waals surface area contributed by atoms with Crippen LogP contribution in [0.4, 0.5) is 0 Å². The monoisotopic (exact) mass is 176 g/mol. The zero-order valence-electron chi connectivity index (χ0n) is 8.09. The van der Waals surface area contributed by atoms with E-state index in [1.807, 2.05) is 0 Å². The summed E-state index contributed by atoms with van der Waals surface area (Å²) in [6.07, 6.45) is 4.09. The van der Waals surface area contributed by atoms with E-state index in [1.165, 1.54) is 5.56 Å². The van der Waals surface area contributed by atoms with Gasteiger partial charge in [-0.3, -0.25) is 0 Å². The van der Waals surface area contributed by atoms with Gasteiger partial charge in [0.2, 0.25) is 0 Å². The molecule has 0 unspecified atom stereocenters. The second-order valence-corrected chi connectivity index (χ2v) is 3.94. The summed E-state index contributed by atoms with van der Waals surface area (Å²) in [6, 6.07) is 8.37. The molecule has 13 heavy (non-hydrogen) atoms. The lowest BCUT2D eigenvalue weighted by molar-refractivity contribution is -0.0388. The van der Waals surface area contributed by atoms with Gasteiger partial charge < -0.3 is 5.11 Å². The molecule has 1 fully saturated rings. The summed E-state index contributed by atoms with van der Waals surface area (Å²) >= 11 is 0. The Labute approximate surface area is 79.4 Å². The van der Waals surface area contributed by atoms with Gasteiger partial charge in [0, 0.05) is 0 Å². The number of aryl methyl sites for hydroxylation is 1. The third kappa shape index (κ3) is 1.49. The smallest absolute Gasteiger partial charge is 0.0896 e. The van der Waals surface area contributed by atoms with Gasteiger partial charge in [-0.25, -0.2) is 0 Å². The molecule has 1 aromatic rings. The van der Waals surface area contributed by atoms with E-state index in [9.17, 15) is 5.11 Å². The number of hydrogen-bond donors (Lipinski definition) is 1. The molecule has 0 saturated heterocycles. The van der Waals surface area contributed by atoms with Crippen molar-refractivity contribution in [3.8, 4) is 0 Å². The fourth-order valence-electron chi connectivity index (χ4n) is 1.85. The molecule has 0 amide bonds. The van der Waals surface area contributed by atoms with Gasteiger partial charge >= 0.3 is 0 Å². The van der Waals surface area contributed by atoms with Crippen molar-refractivity contribution in [1.82, 2.24) is 0 Å². The zero-order valence-corrected chi connectivity index (χ0v) is 8.09. The van der Waals surface area contributed by atoms with Crippen LogP contribution in [0.1, 0.15) is 37.3 Å². The summed E-state index contributed by atoms with van der Waals surface area (Å²) in [5.74, 6) is 0. The van der Waals surface area contributed by atoms with Gasteiger partial charge in [-0.1, -0.05) is 31.2 Å². The van der Waals surface area contributed by atoms with E-state index in [1.54, 1.807) is 0 Å². The molecule has 0 heterocycles. The van der Waals surface area contributed by atoms with Gasteiger partial charge in [0.1, 0.15) is 0 Å². The Morgan fingerprint density at radius 1 is 1.23 bits per heavy atom. The lowest BCUT2D eigenvalue weighted by Gasteiger charge is -2.37. The minimum Gasteiger partial charge on any atom is -0.385 e. The molecule has 1 heteroatoms. The summed E-state index contributed by atoms with van der Waals surface area (Å²) in [6.45, 7) is 2.15. The lowest BCUT2D eigenvalue weighted by atomic mass is 9.75. The topological polar surface area (TPSA) is 20.2 Å². The van der Waals surface area contributed by atoms with Crippen LogP contribution in [0.3, 0.4) is 0 Å². The second-order valence-electron chi connectivity index (χ2n) is 3.94. The molecule has 0 aromatic heterocycles. The molecule has 0 spiro atoms. The van der Waals surface area contributed by atoms with E-state index in [0.29, 0.717) is 0 Å². The molecular formula is C12H16O. The predicted octanol–water partition coefficient (Wildman–Crippen LogP) is 2.62. The van der Waals surface area contributed by atoms with Crippen molar-refractivity contribution in [3.05, 3.63) is 35.4 Å². The standard InChI is InChI=1S/C12H16O/c1-2-10-4-6-11(7-5-10)12(13)8-3-9-12/h4-7,13H,2-3,8-9H2,1H3. The molecule has 0 bridgehead atoms. The van der Waals surface area contributed by atoms with Gasteiger partial charge in [-0.2, -0.15) is 0 Å². The average Bonchev–Trinajstić information content (AvgIpc) is 2.14. The number of hydrogen-bond acceptors (Lipinski definition) is 1. The van der Waals surface area contributed by atoms with Crippen molar-refractivity contribution >= 4 is 0 Å². The number of rotatable bonds is 2. The minimum atomic E-state index is -0.494. The first-order chi connectivity index (χ1) is 6.24. The van der Waals surface area contributed by atoms with Crippen LogP contribution in [-0.2, 0) is 12.0 Å². The van der Waals surface area contributed by atoms with Crippen LogP contribution in [0, 0.1) is 0 Å². The van der Waals surface area contributed by atoms with Gasteiger partial charge in [-0.15, -0.1) is 0 Å². The van der Waals surface area contributed by atoms with E-state index >= 15 is 0 Å². The first-order valence-electron chi connectivity index (χ1n) is 5.06. The molecule has 1 N–H and O–H groups in total. The maximum Gasteiger partial charge on any atom is 0.0896 e. The summed E-state index contributed by atoms with van der Waals surface area (Å²) in [4.78, 5) is 0. The van der Waals surface area contributed by atoms with Crippen molar-refractivity contribution in [2.75, 3.05) is 0 Å². The van der Waals surface area contributed by atoms with Crippen LogP contribution in [0.15, 0.2) is 24.3 Å². The van der Waals surface area contributed by atoms with Crippen LogP contribution in [0.5, 0.6) is 0 Å². The van der Waals surface area contributed by atoms with E-state index in [2.05, 4.69) is 31.2 Å². The van der Waals surface area contributed by atoms with E-state index in [0.717, 1.165) is 31.2 Å². The highest BCUT2D eigenvalue weighted by Gasteiger charge is 2.35. The number of aliphatic hydroxyl groups is 1. The summed E-state index contributed by atoms with van der Waals surface area (Å²) < 4.78 is 0. The molecule has 1 saturated carbocycles. The van der Waals surface area contributed by atoms with Crippen molar-refractivity contribution in [3.63, 3.8) is 0 Å². The highest BCUT2D eigenvalue weighted by molar-refractivity contribution is 5.28. The third-order valence-corrected chi connectivity index (χ3v) is 3.08. The highest BCUT2D eigenvalue weighted by Crippen LogP contribution is 2.40. The van der Waals surface area contributed by atoms with Gasteiger partial charge in [-0.05, 0) is 36.8 Å². The summed E-state index contributed by atoms with van der Waals surface area (Å²) in [7, 11) is 0. The highest BCUT2D eigenvalue weighted by atomic mass is 16.3. The van der Waals surface area contributed by atoms with Crippen LogP contribution < -0.4 is 0 Å². The lowest BCUT2D eigenvalue weighted by Crippen LogP contribution is -2.33. The first-order valence-corrected chi connectivity index (χ1v) is 5.06. The van der Waals surface area contributed by atoms with Crippen LogP contribution in [0.25, 0.3) is 0 Å². The van der Waals surface area contributed by atoms with Crippen LogP contribution >= 0.6 is 0 Å². The maximum atomic E-state index is 10.0. The molecule has 1 aliphatic rings. The Bertz CT molecular complexity index is 282. The quantitative estimate of drug-likeness (QED) is 0.734. The molecule has 2 rings (SSSR count). The van der Waals surface area contributed by atoms with Gasteiger partial charge in [0.15, 0.2) is 0 Å². The normalized spacial score (nSPS) is 19.5. The second kappa shape index (κ2) is 3.15. The fraction of sp³-hybridized carbons (Fsp3) is 0.500.